The minimum Gasteiger partial charge on any atom is -0.383 e. The zero-order valence-corrected chi connectivity index (χ0v) is 18.7. The molecule has 0 saturated carbocycles. The van der Waals surface area contributed by atoms with Gasteiger partial charge in [-0.05, 0) is 31.9 Å². The fraction of sp³-hybridized carbons (Fsp3) is 0.476. The topological polar surface area (TPSA) is 102 Å². The molecular weight excluding hydrogens is 416 g/mol. The Morgan fingerprint density at radius 3 is 2.94 bits per heavy atom. The van der Waals surface area contributed by atoms with Crippen LogP contribution in [0.3, 0.4) is 0 Å². The molecule has 0 spiro atoms. The van der Waals surface area contributed by atoms with Crippen molar-refractivity contribution in [2.75, 3.05) is 33.4 Å². The van der Waals surface area contributed by atoms with E-state index in [1.165, 1.54) is 11.3 Å². The third-order valence-corrected chi connectivity index (χ3v) is 6.63. The zero-order valence-electron chi connectivity index (χ0n) is 17.9. The van der Waals surface area contributed by atoms with Crippen LogP contribution < -0.4 is 5.32 Å². The third kappa shape index (κ3) is 4.45. The minimum absolute atomic E-state index is 0.0132. The predicted octanol–water partition coefficient (Wildman–Crippen LogP) is 1.90. The molecular formula is C21H26N6O3S. The number of pyridine rings is 1. The van der Waals surface area contributed by atoms with Gasteiger partial charge in [0, 0.05) is 44.2 Å². The highest BCUT2D eigenvalue weighted by Gasteiger charge is 2.33. The van der Waals surface area contributed by atoms with E-state index in [0.717, 1.165) is 28.0 Å². The third-order valence-electron chi connectivity index (χ3n) is 5.50. The van der Waals surface area contributed by atoms with Crippen LogP contribution in [0.1, 0.15) is 39.2 Å². The summed E-state index contributed by atoms with van der Waals surface area (Å²) in [5.41, 5.74) is 0.992. The molecule has 9 nitrogen and oxygen atoms in total. The Morgan fingerprint density at radius 2 is 2.19 bits per heavy atom. The van der Waals surface area contributed by atoms with Gasteiger partial charge in [-0.25, -0.2) is 14.6 Å². The smallest absolute Gasteiger partial charge is 0.261 e. The number of aryl methyl sites for hydroxylation is 2. The monoisotopic (exact) mass is 442 g/mol. The summed E-state index contributed by atoms with van der Waals surface area (Å²) in [6.07, 6.45) is 2.54. The molecule has 0 aliphatic carbocycles. The zero-order chi connectivity index (χ0) is 22.0. The molecule has 1 atom stereocenters. The summed E-state index contributed by atoms with van der Waals surface area (Å²) >= 11 is 1.40. The SMILES string of the molecule is COCCNC(=O)c1sc2ncccc2c1C1CCN(C(=O)Cn2nc(C)nc2C)C1. The standard InChI is InChI=1S/C21H26N6O3S/c1-13-24-14(2)27(25-13)12-17(28)26-9-6-15(11-26)18-16-5-4-7-23-21(16)31-19(18)20(29)22-8-10-30-3/h4-5,7,15H,6,8-12H2,1-3H3,(H,22,29). The van der Waals surface area contributed by atoms with Gasteiger partial charge in [0.1, 0.15) is 23.0 Å². The highest BCUT2D eigenvalue weighted by molar-refractivity contribution is 7.20. The number of fused-ring (bicyclic) bond motifs is 1. The van der Waals surface area contributed by atoms with Gasteiger partial charge < -0.3 is 15.0 Å². The van der Waals surface area contributed by atoms with Gasteiger partial charge in [0.05, 0.1) is 11.5 Å². The number of likely N-dealkylation sites (tertiary alicyclic amines) is 1. The van der Waals surface area contributed by atoms with Crippen molar-refractivity contribution in [1.29, 1.82) is 0 Å². The van der Waals surface area contributed by atoms with Gasteiger partial charge in [-0.15, -0.1) is 11.3 Å². The summed E-state index contributed by atoms with van der Waals surface area (Å²) in [6.45, 7) is 5.96. The average molecular weight is 443 g/mol. The van der Waals surface area contributed by atoms with Gasteiger partial charge in [-0.2, -0.15) is 5.10 Å². The quantitative estimate of drug-likeness (QED) is 0.561. The Kier molecular flexibility index (Phi) is 6.28. The van der Waals surface area contributed by atoms with E-state index < -0.39 is 0 Å². The van der Waals surface area contributed by atoms with Crippen molar-refractivity contribution in [3.63, 3.8) is 0 Å². The molecule has 1 saturated heterocycles. The molecule has 4 rings (SSSR count). The van der Waals surface area contributed by atoms with E-state index in [1.807, 2.05) is 30.9 Å². The van der Waals surface area contributed by atoms with E-state index in [4.69, 9.17) is 4.74 Å². The maximum Gasteiger partial charge on any atom is 0.261 e. The number of amides is 2. The number of hydrogen-bond acceptors (Lipinski definition) is 7. The highest BCUT2D eigenvalue weighted by atomic mass is 32.1. The number of nitrogens with one attached hydrogen (secondary N) is 1. The second-order valence-electron chi connectivity index (χ2n) is 7.64. The molecule has 1 aliphatic rings. The van der Waals surface area contributed by atoms with E-state index in [9.17, 15) is 9.59 Å². The summed E-state index contributed by atoms with van der Waals surface area (Å²) in [5.74, 6) is 1.37. The molecule has 3 aromatic rings. The number of ether oxygens (including phenoxy) is 1. The van der Waals surface area contributed by atoms with Gasteiger partial charge in [-0.3, -0.25) is 9.59 Å². The van der Waals surface area contributed by atoms with Crippen LogP contribution >= 0.6 is 11.3 Å². The Labute approximate surface area is 184 Å². The fourth-order valence-electron chi connectivity index (χ4n) is 4.03. The Morgan fingerprint density at radius 1 is 1.35 bits per heavy atom. The van der Waals surface area contributed by atoms with Gasteiger partial charge >= 0.3 is 0 Å². The molecule has 0 bridgehead atoms. The van der Waals surface area contributed by atoms with Gasteiger partial charge in [0.15, 0.2) is 0 Å². The largest absolute Gasteiger partial charge is 0.383 e. The number of aromatic nitrogens is 4. The van der Waals surface area contributed by atoms with Crippen molar-refractivity contribution in [3.05, 3.63) is 40.4 Å². The Balaban J connectivity index is 1.54. The lowest BCUT2D eigenvalue weighted by Gasteiger charge is -2.17. The highest BCUT2D eigenvalue weighted by Crippen LogP contribution is 2.39. The second-order valence-corrected chi connectivity index (χ2v) is 8.64. The van der Waals surface area contributed by atoms with Crippen molar-refractivity contribution in [3.8, 4) is 0 Å². The minimum atomic E-state index is -0.117. The molecule has 4 heterocycles. The molecule has 3 aromatic heterocycles. The van der Waals surface area contributed by atoms with Crippen LogP contribution in [0.4, 0.5) is 0 Å². The first-order valence-electron chi connectivity index (χ1n) is 10.3. The van der Waals surface area contributed by atoms with Gasteiger partial charge in [0.2, 0.25) is 5.91 Å². The molecule has 1 unspecified atom stereocenters. The lowest BCUT2D eigenvalue weighted by molar-refractivity contribution is -0.131. The second kappa shape index (κ2) is 9.11. The molecule has 1 fully saturated rings. The number of thiophene rings is 1. The molecule has 0 aromatic carbocycles. The van der Waals surface area contributed by atoms with Crippen LogP contribution in [0.5, 0.6) is 0 Å². The molecule has 10 heteroatoms. The number of nitrogens with zero attached hydrogens (tertiary/aromatic N) is 5. The van der Waals surface area contributed by atoms with Crippen molar-refractivity contribution in [2.45, 2.75) is 32.7 Å². The number of carbonyl (C=O) groups excluding carboxylic acids is 2. The van der Waals surface area contributed by atoms with Crippen molar-refractivity contribution in [2.24, 2.45) is 0 Å². The average Bonchev–Trinajstić information content (AvgIpc) is 3.44. The van der Waals surface area contributed by atoms with E-state index in [1.54, 1.807) is 18.0 Å². The van der Waals surface area contributed by atoms with E-state index >= 15 is 0 Å². The van der Waals surface area contributed by atoms with Crippen LogP contribution in [0.2, 0.25) is 0 Å². The predicted molar refractivity (Wildman–Crippen MR) is 117 cm³/mol. The normalized spacial score (nSPS) is 16.2. The summed E-state index contributed by atoms with van der Waals surface area (Å²) in [7, 11) is 1.60. The van der Waals surface area contributed by atoms with E-state index in [0.29, 0.717) is 36.9 Å². The fourth-order valence-corrected chi connectivity index (χ4v) is 5.18. The number of rotatable bonds is 7. The van der Waals surface area contributed by atoms with Crippen LogP contribution in [-0.4, -0.2) is 69.8 Å². The molecule has 0 radical (unpaired) electrons. The maximum absolute atomic E-state index is 12.9. The first-order valence-corrected chi connectivity index (χ1v) is 11.1. The van der Waals surface area contributed by atoms with E-state index in [-0.39, 0.29) is 24.3 Å². The van der Waals surface area contributed by atoms with Crippen molar-refractivity contribution >= 4 is 33.4 Å². The number of hydrogen-bond donors (Lipinski definition) is 1. The van der Waals surface area contributed by atoms with E-state index in [2.05, 4.69) is 20.4 Å². The Bertz CT molecular complexity index is 1110. The lowest BCUT2D eigenvalue weighted by Crippen LogP contribution is -2.32. The molecule has 2 amide bonds. The Hall–Kier alpha value is -2.85. The first kappa shape index (κ1) is 21.4. The first-order chi connectivity index (χ1) is 15.0. The summed E-state index contributed by atoms with van der Waals surface area (Å²) in [6, 6.07) is 3.89. The number of carbonyl (C=O) groups is 2. The van der Waals surface area contributed by atoms with Crippen LogP contribution in [0.25, 0.3) is 10.2 Å². The van der Waals surface area contributed by atoms with Crippen LogP contribution in [0, 0.1) is 13.8 Å². The van der Waals surface area contributed by atoms with Crippen LogP contribution in [-0.2, 0) is 16.1 Å². The molecule has 1 aliphatic heterocycles. The molecule has 1 N–H and O–H groups in total. The number of methoxy groups -OCH3 is 1. The van der Waals surface area contributed by atoms with Crippen LogP contribution in [0.15, 0.2) is 18.3 Å². The van der Waals surface area contributed by atoms with Gasteiger partial charge in [0.25, 0.3) is 5.91 Å². The van der Waals surface area contributed by atoms with Crippen molar-refractivity contribution in [1.82, 2.24) is 30.0 Å². The van der Waals surface area contributed by atoms with Gasteiger partial charge in [-0.1, -0.05) is 6.07 Å². The summed E-state index contributed by atoms with van der Waals surface area (Å²) < 4.78 is 6.68. The summed E-state index contributed by atoms with van der Waals surface area (Å²) in [5, 5.41) is 8.20. The lowest BCUT2D eigenvalue weighted by atomic mass is 9.95. The maximum atomic E-state index is 12.9. The summed E-state index contributed by atoms with van der Waals surface area (Å²) in [4.78, 5) is 37.8. The molecule has 164 valence electrons. The van der Waals surface area contributed by atoms with Crippen molar-refractivity contribution < 1.29 is 14.3 Å². The molecule has 31 heavy (non-hydrogen) atoms.